The Labute approximate surface area is 94.8 Å². The molecule has 0 aliphatic heterocycles. The molecule has 3 heteroatoms. The van der Waals surface area contributed by atoms with Gasteiger partial charge in [-0.15, -0.1) is 0 Å². The Hall–Kier alpha value is -1.35. The molecule has 1 atom stereocenters. The summed E-state index contributed by atoms with van der Waals surface area (Å²) in [6.07, 6.45) is 7.54. The first-order valence-corrected chi connectivity index (χ1v) is 5.61. The Balaban J connectivity index is 1.93. The lowest BCUT2D eigenvalue weighted by atomic mass is 10.0. The van der Waals surface area contributed by atoms with E-state index in [-0.39, 0.29) is 11.6 Å². The third-order valence-electron chi connectivity index (χ3n) is 2.89. The van der Waals surface area contributed by atoms with Gasteiger partial charge in [-0.2, -0.15) is 0 Å². The molecule has 0 saturated heterocycles. The van der Waals surface area contributed by atoms with Crippen LogP contribution in [0.5, 0.6) is 5.75 Å². The van der Waals surface area contributed by atoms with Gasteiger partial charge in [-0.1, -0.05) is 12.2 Å². The SMILES string of the molecule is Oc1ccc(F)cc1CNC1CC=CCC1. The average molecular weight is 221 g/mol. The van der Waals surface area contributed by atoms with Crippen LogP contribution in [0.3, 0.4) is 0 Å². The van der Waals surface area contributed by atoms with Gasteiger partial charge in [-0.25, -0.2) is 4.39 Å². The topological polar surface area (TPSA) is 32.3 Å². The van der Waals surface area contributed by atoms with Crippen molar-refractivity contribution in [2.75, 3.05) is 0 Å². The van der Waals surface area contributed by atoms with Crippen LogP contribution in [0.2, 0.25) is 0 Å². The lowest BCUT2D eigenvalue weighted by molar-refractivity contribution is 0.442. The molecule has 2 N–H and O–H groups in total. The standard InChI is InChI=1S/C13H16FNO/c14-11-6-7-13(16)10(8-11)9-15-12-4-2-1-3-5-12/h1-2,6-8,12,15-16H,3-5,9H2. The maximum Gasteiger partial charge on any atom is 0.123 e. The fraction of sp³-hybridized carbons (Fsp3) is 0.385. The molecule has 2 nitrogen and oxygen atoms in total. The summed E-state index contributed by atoms with van der Waals surface area (Å²) in [6, 6.07) is 4.48. The molecule has 2 rings (SSSR count). The van der Waals surface area contributed by atoms with Crippen LogP contribution in [-0.2, 0) is 6.54 Å². The molecule has 0 fully saturated rings. The molecule has 0 bridgehead atoms. The molecule has 16 heavy (non-hydrogen) atoms. The van der Waals surface area contributed by atoms with Gasteiger partial charge in [0.15, 0.2) is 0 Å². The summed E-state index contributed by atoms with van der Waals surface area (Å²) in [5.41, 5.74) is 0.620. The van der Waals surface area contributed by atoms with Crippen molar-refractivity contribution in [1.82, 2.24) is 5.32 Å². The highest BCUT2D eigenvalue weighted by atomic mass is 19.1. The van der Waals surface area contributed by atoms with Gasteiger partial charge in [0.05, 0.1) is 0 Å². The lowest BCUT2D eigenvalue weighted by Crippen LogP contribution is -2.29. The number of benzene rings is 1. The van der Waals surface area contributed by atoms with Crippen LogP contribution in [0.25, 0.3) is 0 Å². The maximum absolute atomic E-state index is 13.0. The van der Waals surface area contributed by atoms with E-state index in [1.807, 2.05) is 0 Å². The molecule has 0 heterocycles. The first kappa shape index (κ1) is 11.1. The highest BCUT2D eigenvalue weighted by Gasteiger charge is 2.10. The zero-order chi connectivity index (χ0) is 11.4. The number of hydrogen-bond donors (Lipinski definition) is 2. The summed E-state index contributed by atoms with van der Waals surface area (Å²) in [7, 11) is 0. The monoisotopic (exact) mass is 221 g/mol. The fourth-order valence-corrected chi connectivity index (χ4v) is 1.93. The molecule has 0 aromatic heterocycles. The average Bonchev–Trinajstić information content (AvgIpc) is 2.32. The molecule has 0 spiro atoms. The van der Waals surface area contributed by atoms with Crippen molar-refractivity contribution in [3.63, 3.8) is 0 Å². The van der Waals surface area contributed by atoms with Crippen LogP contribution in [0.1, 0.15) is 24.8 Å². The van der Waals surface area contributed by atoms with Gasteiger partial charge in [0, 0.05) is 18.2 Å². The Bertz CT molecular complexity index is 390. The number of aromatic hydroxyl groups is 1. The van der Waals surface area contributed by atoms with Crippen molar-refractivity contribution in [2.24, 2.45) is 0 Å². The summed E-state index contributed by atoms with van der Waals surface area (Å²) in [5.74, 6) is -0.154. The largest absolute Gasteiger partial charge is 0.508 e. The summed E-state index contributed by atoms with van der Waals surface area (Å²) >= 11 is 0. The number of allylic oxidation sites excluding steroid dienone is 1. The summed E-state index contributed by atoms with van der Waals surface area (Å²) in [6.45, 7) is 0.516. The number of phenolic OH excluding ortho intramolecular Hbond substituents is 1. The zero-order valence-corrected chi connectivity index (χ0v) is 9.12. The molecule has 0 amide bonds. The third-order valence-corrected chi connectivity index (χ3v) is 2.89. The Morgan fingerprint density at radius 2 is 2.25 bits per heavy atom. The molecular weight excluding hydrogens is 205 g/mol. The summed E-state index contributed by atoms with van der Waals surface area (Å²) < 4.78 is 13.0. The van der Waals surface area contributed by atoms with Gasteiger partial charge < -0.3 is 10.4 Å². The predicted octanol–water partition coefficient (Wildman–Crippen LogP) is 2.73. The van der Waals surface area contributed by atoms with Crippen molar-refractivity contribution in [2.45, 2.75) is 31.8 Å². The van der Waals surface area contributed by atoms with E-state index in [0.29, 0.717) is 18.2 Å². The maximum atomic E-state index is 13.0. The molecule has 1 aliphatic rings. The first-order chi connectivity index (χ1) is 7.75. The quantitative estimate of drug-likeness (QED) is 0.769. The van der Waals surface area contributed by atoms with E-state index in [1.165, 1.54) is 18.2 Å². The van der Waals surface area contributed by atoms with Gasteiger partial charge >= 0.3 is 0 Å². The summed E-state index contributed by atoms with van der Waals surface area (Å²) in [4.78, 5) is 0. The van der Waals surface area contributed by atoms with Crippen molar-refractivity contribution >= 4 is 0 Å². The summed E-state index contributed by atoms with van der Waals surface area (Å²) in [5, 5.41) is 12.9. The van der Waals surface area contributed by atoms with Crippen LogP contribution < -0.4 is 5.32 Å². The van der Waals surface area contributed by atoms with Crippen molar-refractivity contribution in [1.29, 1.82) is 0 Å². The fourth-order valence-electron chi connectivity index (χ4n) is 1.93. The van der Waals surface area contributed by atoms with Crippen LogP contribution in [0.15, 0.2) is 30.4 Å². The molecule has 1 aliphatic carbocycles. The molecule has 86 valence electrons. The van der Waals surface area contributed by atoms with E-state index in [2.05, 4.69) is 17.5 Å². The number of hydrogen-bond acceptors (Lipinski definition) is 2. The van der Waals surface area contributed by atoms with Gasteiger partial charge in [0.2, 0.25) is 0 Å². The number of nitrogens with one attached hydrogen (secondary N) is 1. The highest BCUT2D eigenvalue weighted by Crippen LogP contribution is 2.18. The molecule has 0 saturated carbocycles. The van der Waals surface area contributed by atoms with E-state index in [9.17, 15) is 9.50 Å². The van der Waals surface area contributed by atoms with Gasteiger partial charge in [0.1, 0.15) is 11.6 Å². The van der Waals surface area contributed by atoms with E-state index in [1.54, 1.807) is 0 Å². The smallest absolute Gasteiger partial charge is 0.123 e. The van der Waals surface area contributed by atoms with E-state index >= 15 is 0 Å². The molecule has 1 aromatic carbocycles. The molecular formula is C13H16FNO. The number of halogens is 1. The van der Waals surface area contributed by atoms with Gasteiger partial charge in [-0.05, 0) is 37.5 Å². The minimum atomic E-state index is -0.307. The van der Waals surface area contributed by atoms with E-state index in [0.717, 1.165) is 19.3 Å². The van der Waals surface area contributed by atoms with Crippen molar-refractivity contribution in [3.05, 3.63) is 41.7 Å². The molecule has 0 radical (unpaired) electrons. The van der Waals surface area contributed by atoms with Crippen molar-refractivity contribution in [3.8, 4) is 5.75 Å². The molecule has 1 aromatic rings. The van der Waals surface area contributed by atoms with Crippen LogP contribution in [0.4, 0.5) is 4.39 Å². The second-order valence-corrected chi connectivity index (χ2v) is 4.14. The Morgan fingerprint density at radius 3 is 3.00 bits per heavy atom. The predicted molar refractivity (Wildman–Crippen MR) is 61.7 cm³/mol. The minimum absolute atomic E-state index is 0.153. The highest BCUT2D eigenvalue weighted by molar-refractivity contribution is 5.32. The lowest BCUT2D eigenvalue weighted by Gasteiger charge is -2.19. The first-order valence-electron chi connectivity index (χ1n) is 5.61. The zero-order valence-electron chi connectivity index (χ0n) is 9.12. The Morgan fingerprint density at radius 1 is 1.38 bits per heavy atom. The second kappa shape index (κ2) is 5.12. The molecule has 1 unspecified atom stereocenters. The second-order valence-electron chi connectivity index (χ2n) is 4.14. The minimum Gasteiger partial charge on any atom is -0.508 e. The van der Waals surface area contributed by atoms with Crippen LogP contribution in [0, 0.1) is 5.82 Å². The Kier molecular flexibility index (Phi) is 3.57. The van der Waals surface area contributed by atoms with Gasteiger partial charge in [-0.3, -0.25) is 0 Å². The van der Waals surface area contributed by atoms with E-state index in [4.69, 9.17) is 0 Å². The normalized spacial score (nSPS) is 19.9. The van der Waals surface area contributed by atoms with E-state index < -0.39 is 0 Å². The number of rotatable bonds is 3. The van der Waals surface area contributed by atoms with Crippen LogP contribution in [-0.4, -0.2) is 11.1 Å². The van der Waals surface area contributed by atoms with Crippen molar-refractivity contribution < 1.29 is 9.50 Å². The third kappa shape index (κ3) is 2.83. The number of phenols is 1. The van der Waals surface area contributed by atoms with Gasteiger partial charge in [0.25, 0.3) is 0 Å². The van der Waals surface area contributed by atoms with Crippen LogP contribution >= 0.6 is 0 Å².